The molecule has 1 fully saturated rings. The Labute approximate surface area is 146 Å². The fraction of sp³-hybridized carbons (Fsp3) is 0.438. The summed E-state index contributed by atoms with van der Waals surface area (Å²) in [4.78, 5) is 0.201. The van der Waals surface area contributed by atoms with Crippen LogP contribution < -0.4 is 4.72 Å². The molecule has 24 heavy (non-hydrogen) atoms. The summed E-state index contributed by atoms with van der Waals surface area (Å²) in [5, 5.41) is 4.68. The first-order valence-electron chi connectivity index (χ1n) is 7.66. The molecule has 0 amide bonds. The van der Waals surface area contributed by atoms with Crippen LogP contribution in [0.2, 0.25) is 5.02 Å². The molecule has 130 valence electrons. The second-order valence-corrected chi connectivity index (χ2v) is 8.30. The van der Waals surface area contributed by atoms with E-state index in [1.807, 2.05) is 12.1 Å². The Kier molecular flexibility index (Phi) is 4.70. The Morgan fingerprint density at radius 3 is 2.62 bits per heavy atom. The number of rotatable bonds is 5. The fourth-order valence-electron chi connectivity index (χ4n) is 2.94. The summed E-state index contributed by atoms with van der Waals surface area (Å²) in [7, 11) is -1.96. The van der Waals surface area contributed by atoms with E-state index in [9.17, 15) is 8.42 Å². The number of sulfonamides is 1. The maximum absolute atomic E-state index is 12.8. The van der Waals surface area contributed by atoms with Gasteiger partial charge in [0.05, 0.1) is 24.0 Å². The second-order valence-electron chi connectivity index (χ2n) is 6.21. The minimum Gasteiger partial charge on any atom is -0.379 e. The summed E-state index contributed by atoms with van der Waals surface area (Å²) in [6.45, 7) is 2.61. The van der Waals surface area contributed by atoms with Gasteiger partial charge in [-0.25, -0.2) is 13.1 Å². The van der Waals surface area contributed by atoms with Crippen LogP contribution >= 0.6 is 11.6 Å². The van der Waals surface area contributed by atoms with Crippen molar-refractivity contribution in [2.45, 2.75) is 30.2 Å². The quantitative estimate of drug-likeness (QED) is 0.875. The zero-order valence-electron chi connectivity index (χ0n) is 13.6. The molecular weight excluding hydrogens is 350 g/mol. The third-order valence-electron chi connectivity index (χ3n) is 4.39. The van der Waals surface area contributed by atoms with E-state index in [0.717, 1.165) is 5.56 Å². The first kappa shape index (κ1) is 17.4. The molecule has 1 unspecified atom stereocenters. The summed E-state index contributed by atoms with van der Waals surface area (Å²) in [5.41, 5.74) is 0.952. The van der Waals surface area contributed by atoms with Crippen molar-refractivity contribution in [1.82, 2.24) is 14.5 Å². The molecule has 1 aromatic heterocycles. The Hall–Kier alpha value is -1.41. The standard InChI is InChI=1S/C16H20ClN3O3S/c1-12-15(10-18-20(12)2)24(21,22)19-16(7-8-23-11-16)9-13-3-5-14(17)6-4-13/h3-6,10,19H,7-9,11H2,1-2H3. The molecule has 0 saturated carbocycles. The van der Waals surface area contributed by atoms with Gasteiger partial charge in [-0.3, -0.25) is 4.68 Å². The molecule has 1 aliphatic rings. The van der Waals surface area contributed by atoms with Crippen LogP contribution in [0, 0.1) is 6.92 Å². The number of aromatic nitrogens is 2. The lowest BCUT2D eigenvalue weighted by atomic mass is 9.91. The van der Waals surface area contributed by atoms with E-state index in [1.54, 1.807) is 30.8 Å². The van der Waals surface area contributed by atoms with Crippen LogP contribution in [0.5, 0.6) is 0 Å². The maximum Gasteiger partial charge on any atom is 0.244 e. The van der Waals surface area contributed by atoms with Crippen molar-refractivity contribution < 1.29 is 13.2 Å². The highest BCUT2D eigenvalue weighted by Crippen LogP contribution is 2.27. The number of hydrogen-bond donors (Lipinski definition) is 1. The summed E-state index contributed by atoms with van der Waals surface area (Å²) < 4.78 is 35.6. The molecule has 8 heteroatoms. The average Bonchev–Trinajstić information content (AvgIpc) is 3.09. The van der Waals surface area contributed by atoms with Crippen LogP contribution in [0.4, 0.5) is 0 Å². The van der Waals surface area contributed by atoms with Crippen molar-refractivity contribution in [2.24, 2.45) is 7.05 Å². The number of nitrogens with one attached hydrogen (secondary N) is 1. The van der Waals surface area contributed by atoms with Gasteiger partial charge in [0.1, 0.15) is 4.90 Å². The first-order valence-corrected chi connectivity index (χ1v) is 9.52. The van der Waals surface area contributed by atoms with Gasteiger partial charge in [0.15, 0.2) is 0 Å². The van der Waals surface area contributed by atoms with Crippen molar-refractivity contribution in [3.63, 3.8) is 0 Å². The van der Waals surface area contributed by atoms with Gasteiger partial charge in [-0.15, -0.1) is 0 Å². The molecule has 6 nitrogen and oxygen atoms in total. The van der Waals surface area contributed by atoms with Crippen LogP contribution in [-0.4, -0.2) is 37.0 Å². The van der Waals surface area contributed by atoms with E-state index in [2.05, 4.69) is 9.82 Å². The van der Waals surface area contributed by atoms with Crippen molar-refractivity contribution in [3.8, 4) is 0 Å². The summed E-state index contributed by atoms with van der Waals surface area (Å²) >= 11 is 5.92. The Balaban J connectivity index is 1.88. The molecule has 2 aromatic rings. The van der Waals surface area contributed by atoms with Crippen molar-refractivity contribution in [3.05, 3.63) is 46.7 Å². The summed E-state index contributed by atoms with van der Waals surface area (Å²) in [6, 6.07) is 7.43. The molecule has 2 heterocycles. The van der Waals surface area contributed by atoms with Crippen LogP contribution in [0.3, 0.4) is 0 Å². The summed E-state index contributed by atoms with van der Waals surface area (Å²) in [5.74, 6) is 0. The molecular formula is C16H20ClN3O3S. The smallest absolute Gasteiger partial charge is 0.244 e. The van der Waals surface area contributed by atoms with Gasteiger partial charge < -0.3 is 4.74 Å². The van der Waals surface area contributed by atoms with Crippen LogP contribution in [0.25, 0.3) is 0 Å². The Morgan fingerprint density at radius 2 is 2.08 bits per heavy atom. The number of benzene rings is 1. The van der Waals surface area contributed by atoms with Gasteiger partial charge in [-0.05, 0) is 37.5 Å². The van der Waals surface area contributed by atoms with Gasteiger partial charge in [0, 0.05) is 18.7 Å². The Morgan fingerprint density at radius 1 is 1.38 bits per heavy atom. The topological polar surface area (TPSA) is 73.2 Å². The van der Waals surface area contributed by atoms with E-state index in [1.165, 1.54) is 6.20 Å². The van der Waals surface area contributed by atoms with E-state index in [-0.39, 0.29) is 4.90 Å². The van der Waals surface area contributed by atoms with E-state index >= 15 is 0 Å². The molecule has 3 rings (SSSR count). The zero-order valence-corrected chi connectivity index (χ0v) is 15.2. The van der Waals surface area contributed by atoms with Gasteiger partial charge in [-0.1, -0.05) is 23.7 Å². The van der Waals surface area contributed by atoms with Crippen molar-refractivity contribution in [1.29, 1.82) is 0 Å². The number of halogens is 1. The predicted octanol–water partition coefficient (Wildman–Crippen LogP) is 2.06. The third kappa shape index (κ3) is 3.49. The number of hydrogen-bond acceptors (Lipinski definition) is 4. The molecule has 0 spiro atoms. The van der Waals surface area contributed by atoms with Crippen LogP contribution in [0.15, 0.2) is 35.4 Å². The normalized spacial score (nSPS) is 21.3. The lowest BCUT2D eigenvalue weighted by molar-refractivity contribution is 0.173. The van der Waals surface area contributed by atoms with Gasteiger partial charge in [0.25, 0.3) is 0 Å². The van der Waals surface area contributed by atoms with Crippen LogP contribution in [0.1, 0.15) is 17.7 Å². The molecule has 1 aliphatic heterocycles. The second kappa shape index (κ2) is 6.48. The molecule has 1 aromatic carbocycles. The van der Waals surface area contributed by atoms with E-state index in [4.69, 9.17) is 16.3 Å². The monoisotopic (exact) mass is 369 g/mol. The minimum atomic E-state index is -3.68. The average molecular weight is 370 g/mol. The highest BCUT2D eigenvalue weighted by atomic mass is 35.5. The fourth-order valence-corrected chi connectivity index (χ4v) is 4.68. The van der Waals surface area contributed by atoms with E-state index in [0.29, 0.717) is 36.8 Å². The van der Waals surface area contributed by atoms with Gasteiger partial charge >= 0.3 is 0 Å². The van der Waals surface area contributed by atoms with Crippen LogP contribution in [-0.2, 0) is 28.2 Å². The maximum atomic E-state index is 12.8. The van der Waals surface area contributed by atoms with Crippen molar-refractivity contribution >= 4 is 21.6 Å². The highest BCUT2D eigenvalue weighted by Gasteiger charge is 2.40. The number of ether oxygens (including phenoxy) is 1. The number of nitrogens with zero attached hydrogens (tertiary/aromatic N) is 2. The predicted molar refractivity (Wildman–Crippen MR) is 91.6 cm³/mol. The molecule has 0 radical (unpaired) electrons. The molecule has 0 aliphatic carbocycles. The molecule has 1 atom stereocenters. The lowest BCUT2D eigenvalue weighted by Crippen LogP contribution is -2.50. The largest absolute Gasteiger partial charge is 0.379 e. The van der Waals surface area contributed by atoms with E-state index < -0.39 is 15.6 Å². The lowest BCUT2D eigenvalue weighted by Gasteiger charge is -2.28. The molecule has 0 bridgehead atoms. The zero-order chi connectivity index (χ0) is 17.4. The van der Waals surface area contributed by atoms with Gasteiger partial charge in [-0.2, -0.15) is 5.10 Å². The minimum absolute atomic E-state index is 0.201. The van der Waals surface area contributed by atoms with Crippen molar-refractivity contribution in [2.75, 3.05) is 13.2 Å². The Bertz CT molecular complexity index is 825. The summed E-state index contributed by atoms with van der Waals surface area (Å²) in [6.07, 6.45) is 2.54. The molecule has 1 saturated heterocycles. The highest BCUT2D eigenvalue weighted by molar-refractivity contribution is 7.89. The number of aryl methyl sites for hydroxylation is 1. The van der Waals surface area contributed by atoms with Gasteiger partial charge in [0.2, 0.25) is 10.0 Å². The molecule has 1 N–H and O–H groups in total. The first-order chi connectivity index (χ1) is 11.3. The SMILES string of the molecule is Cc1c(S(=O)(=O)NC2(Cc3ccc(Cl)cc3)CCOC2)cnn1C. The third-order valence-corrected chi connectivity index (χ3v) is 6.32.